The fourth-order valence-corrected chi connectivity index (χ4v) is 3.73. The zero-order valence-corrected chi connectivity index (χ0v) is 17.4. The largest absolute Gasteiger partial charge is 0.411 e. The summed E-state index contributed by atoms with van der Waals surface area (Å²) in [5, 5.41) is 26.4. The van der Waals surface area contributed by atoms with E-state index < -0.39 is 0 Å². The van der Waals surface area contributed by atoms with Crippen molar-refractivity contribution >= 4 is 11.4 Å². The molecule has 0 aromatic heterocycles. The average molecular weight is 381 g/mol. The number of hydrogen-bond acceptors (Lipinski definition) is 4. The maximum atomic E-state index is 9.58. The first-order valence-electron chi connectivity index (χ1n) is 9.88. The molecule has 0 bridgehead atoms. The first-order chi connectivity index (χ1) is 13.3. The fraction of sp³-hybridized carbons (Fsp3) is 0.417. The van der Waals surface area contributed by atoms with Crippen molar-refractivity contribution in [1.82, 2.24) is 0 Å². The summed E-state index contributed by atoms with van der Waals surface area (Å²) >= 11 is 0. The molecular formula is C24H32N2O2. The first kappa shape index (κ1) is 21.7. The Kier molecular flexibility index (Phi) is 7.38. The van der Waals surface area contributed by atoms with E-state index in [4.69, 9.17) is 0 Å². The van der Waals surface area contributed by atoms with Crippen molar-refractivity contribution in [3.63, 3.8) is 0 Å². The number of nitrogens with zero attached hydrogens (tertiary/aromatic N) is 2. The molecule has 2 aromatic carbocycles. The number of hydrogen-bond donors (Lipinski definition) is 2. The molecule has 0 fully saturated rings. The molecule has 0 radical (unpaired) electrons. The van der Waals surface area contributed by atoms with E-state index in [9.17, 15) is 10.4 Å². The Morgan fingerprint density at radius 1 is 0.643 bits per heavy atom. The summed E-state index contributed by atoms with van der Waals surface area (Å²) in [7, 11) is 0. The van der Waals surface area contributed by atoms with Crippen LogP contribution in [0.4, 0.5) is 0 Å². The summed E-state index contributed by atoms with van der Waals surface area (Å²) in [4.78, 5) is 0. The van der Waals surface area contributed by atoms with Crippen LogP contribution in [0.15, 0.2) is 71.0 Å². The molecule has 2 rings (SSSR count). The van der Waals surface area contributed by atoms with E-state index in [-0.39, 0.29) is 10.8 Å². The van der Waals surface area contributed by atoms with Gasteiger partial charge in [0.2, 0.25) is 0 Å². The highest BCUT2D eigenvalue weighted by atomic mass is 16.4. The fourth-order valence-electron chi connectivity index (χ4n) is 3.73. The van der Waals surface area contributed by atoms with Gasteiger partial charge in [-0.3, -0.25) is 0 Å². The molecule has 28 heavy (non-hydrogen) atoms. The van der Waals surface area contributed by atoms with E-state index in [1.807, 2.05) is 60.7 Å². The second-order valence-corrected chi connectivity index (χ2v) is 8.60. The lowest BCUT2D eigenvalue weighted by Gasteiger charge is -2.28. The van der Waals surface area contributed by atoms with Gasteiger partial charge in [0.15, 0.2) is 0 Å². The maximum absolute atomic E-state index is 9.58. The van der Waals surface area contributed by atoms with E-state index in [1.54, 1.807) is 0 Å². The average Bonchev–Trinajstić information content (AvgIpc) is 2.68. The topological polar surface area (TPSA) is 65.2 Å². The second kappa shape index (κ2) is 9.54. The Morgan fingerprint density at radius 2 is 0.964 bits per heavy atom. The molecule has 4 heteroatoms. The number of oxime groups is 2. The van der Waals surface area contributed by atoms with Crippen molar-refractivity contribution in [3.8, 4) is 0 Å². The summed E-state index contributed by atoms with van der Waals surface area (Å²) in [5.74, 6) is 0. The zero-order chi connectivity index (χ0) is 20.6. The summed E-state index contributed by atoms with van der Waals surface area (Å²) in [6, 6.07) is 19.6. The van der Waals surface area contributed by atoms with Crippen LogP contribution >= 0.6 is 0 Å². The standard InChI is InChI=1S/C24H32N2O2/c1-23(2,21(25-27)19-13-7-5-8-14-19)17-11-12-18-24(3,4)22(26-28)20-15-9-6-10-16-20/h5-10,13-16,27-28H,11-12,17-18H2,1-4H3. The van der Waals surface area contributed by atoms with Gasteiger partial charge in [-0.1, -0.05) is 112 Å². The molecule has 0 spiro atoms. The molecule has 0 saturated carbocycles. The third-order valence-electron chi connectivity index (χ3n) is 5.43. The minimum atomic E-state index is -0.229. The zero-order valence-electron chi connectivity index (χ0n) is 17.4. The first-order valence-corrected chi connectivity index (χ1v) is 9.88. The predicted molar refractivity (Wildman–Crippen MR) is 116 cm³/mol. The van der Waals surface area contributed by atoms with Crippen LogP contribution in [0.2, 0.25) is 0 Å². The van der Waals surface area contributed by atoms with Gasteiger partial charge in [0.1, 0.15) is 0 Å². The van der Waals surface area contributed by atoms with Crippen molar-refractivity contribution in [2.45, 2.75) is 53.4 Å². The lowest BCUT2D eigenvalue weighted by atomic mass is 9.76. The van der Waals surface area contributed by atoms with Gasteiger partial charge in [0.05, 0.1) is 11.4 Å². The van der Waals surface area contributed by atoms with Gasteiger partial charge in [-0.05, 0) is 24.0 Å². The molecule has 0 aliphatic heterocycles. The third kappa shape index (κ3) is 5.44. The molecular weight excluding hydrogens is 348 g/mol. The molecule has 2 aromatic rings. The van der Waals surface area contributed by atoms with E-state index >= 15 is 0 Å². The molecule has 0 aliphatic rings. The van der Waals surface area contributed by atoms with E-state index in [0.29, 0.717) is 11.4 Å². The van der Waals surface area contributed by atoms with Crippen LogP contribution in [0, 0.1) is 10.8 Å². The van der Waals surface area contributed by atoms with Crippen LogP contribution in [0.1, 0.15) is 64.5 Å². The SMILES string of the molecule is CC(C)(CCCCC(C)(C)C(=NO)c1ccccc1)C(=NO)c1ccccc1. The molecule has 150 valence electrons. The Bertz CT molecular complexity index is 724. The summed E-state index contributed by atoms with van der Waals surface area (Å²) in [5.41, 5.74) is 2.88. The number of rotatable bonds is 9. The highest BCUT2D eigenvalue weighted by molar-refractivity contribution is 6.04. The molecule has 0 aliphatic carbocycles. The van der Waals surface area contributed by atoms with Gasteiger partial charge < -0.3 is 10.4 Å². The highest BCUT2D eigenvalue weighted by Gasteiger charge is 2.29. The lowest BCUT2D eigenvalue weighted by Crippen LogP contribution is -2.27. The monoisotopic (exact) mass is 380 g/mol. The minimum absolute atomic E-state index is 0.229. The predicted octanol–water partition coefficient (Wildman–Crippen LogP) is 6.36. The smallest absolute Gasteiger partial charge is 0.0923 e. The van der Waals surface area contributed by atoms with Crippen molar-refractivity contribution in [3.05, 3.63) is 71.8 Å². The Labute approximate surface area is 168 Å². The number of unbranched alkanes of at least 4 members (excludes halogenated alkanes) is 1. The van der Waals surface area contributed by atoms with Crippen molar-refractivity contribution in [1.29, 1.82) is 0 Å². The Balaban J connectivity index is 1.97. The van der Waals surface area contributed by atoms with Gasteiger partial charge >= 0.3 is 0 Å². The van der Waals surface area contributed by atoms with E-state index in [2.05, 4.69) is 38.0 Å². The van der Waals surface area contributed by atoms with Crippen LogP contribution < -0.4 is 0 Å². The van der Waals surface area contributed by atoms with Crippen LogP contribution in [0.3, 0.4) is 0 Å². The maximum Gasteiger partial charge on any atom is 0.0923 e. The van der Waals surface area contributed by atoms with Gasteiger partial charge in [-0.15, -0.1) is 0 Å². The van der Waals surface area contributed by atoms with E-state index in [0.717, 1.165) is 36.8 Å². The van der Waals surface area contributed by atoms with Crippen molar-refractivity contribution in [2.75, 3.05) is 0 Å². The molecule has 0 unspecified atom stereocenters. The van der Waals surface area contributed by atoms with Crippen LogP contribution in [-0.2, 0) is 0 Å². The van der Waals surface area contributed by atoms with Gasteiger partial charge in [0.25, 0.3) is 0 Å². The number of benzene rings is 2. The minimum Gasteiger partial charge on any atom is -0.411 e. The molecule has 0 saturated heterocycles. The van der Waals surface area contributed by atoms with Gasteiger partial charge in [-0.25, -0.2) is 0 Å². The lowest BCUT2D eigenvalue weighted by molar-refractivity contribution is 0.301. The molecule has 2 N–H and O–H groups in total. The third-order valence-corrected chi connectivity index (χ3v) is 5.43. The summed E-state index contributed by atoms with van der Waals surface area (Å²) in [6.07, 6.45) is 3.81. The van der Waals surface area contributed by atoms with Crippen LogP contribution in [0.5, 0.6) is 0 Å². The van der Waals surface area contributed by atoms with Crippen molar-refractivity contribution in [2.24, 2.45) is 21.1 Å². The summed E-state index contributed by atoms with van der Waals surface area (Å²) < 4.78 is 0. The van der Waals surface area contributed by atoms with E-state index in [1.165, 1.54) is 0 Å². The Morgan fingerprint density at radius 3 is 1.25 bits per heavy atom. The molecule has 0 atom stereocenters. The Hall–Kier alpha value is -2.62. The highest BCUT2D eigenvalue weighted by Crippen LogP contribution is 2.33. The van der Waals surface area contributed by atoms with Crippen LogP contribution in [0.25, 0.3) is 0 Å². The quantitative estimate of drug-likeness (QED) is 0.230. The molecule has 0 heterocycles. The normalized spacial score (nSPS) is 13.6. The molecule has 0 amide bonds. The van der Waals surface area contributed by atoms with Gasteiger partial charge in [-0.2, -0.15) is 0 Å². The summed E-state index contributed by atoms with van der Waals surface area (Å²) in [6.45, 7) is 8.46. The molecule has 4 nitrogen and oxygen atoms in total. The van der Waals surface area contributed by atoms with Crippen molar-refractivity contribution < 1.29 is 10.4 Å². The van der Waals surface area contributed by atoms with Gasteiger partial charge in [0, 0.05) is 10.8 Å². The second-order valence-electron chi connectivity index (χ2n) is 8.60. The van der Waals surface area contributed by atoms with Crippen LogP contribution in [-0.4, -0.2) is 21.8 Å².